The summed E-state index contributed by atoms with van der Waals surface area (Å²) in [6.45, 7) is 7.67. The number of hydrogen-bond acceptors (Lipinski definition) is 1. The van der Waals surface area contributed by atoms with Gasteiger partial charge in [-0.15, -0.1) is 0 Å². The van der Waals surface area contributed by atoms with Gasteiger partial charge in [-0.3, -0.25) is 0 Å². The van der Waals surface area contributed by atoms with Crippen LogP contribution >= 0.6 is 0 Å². The quantitative estimate of drug-likeness (QED) is 0.789. The Morgan fingerprint density at radius 3 is 2.15 bits per heavy atom. The Labute approximate surface area is 123 Å². The average molecular weight is 267 g/mol. The van der Waals surface area contributed by atoms with Crippen molar-refractivity contribution in [1.82, 2.24) is 5.32 Å². The van der Waals surface area contributed by atoms with Crippen molar-refractivity contribution in [3.8, 4) is 0 Å². The second-order valence-corrected chi connectivity index (χ2v) is 5.59. The summed E-state index contributed by atoms with van der Waals surface area (Å²) in [6, 6.07) is 20.0. The van der Waals surface area contributed by atoms with Crippen LogP contribution in [-0.4, -0.2) is 6.54 Å². The van der Waals surface area contributed by atoms with Crippen LogP contribution in [0.25, 0.3) is 0 Å². The number of aryl methyl sites for hydroxylation is 1. The van der Waals surface area contributed by atoms with Gasteiger partial charge in [-0.1, -0.05) is 74.0 Å². The summed E-state index contributed by atoms with van der Waals surface area (Å²) in [5, 5.41) is 3.70. The molecule has 20 heavy (non-hydrogen) atoms. The highest BCUT2D eigenvalue weighted by Gasteiger charge is 2.11. The minimum Gasteiger partial charge on any atom is -0.309 e. The highest BCUT2D eigenvalue weighted by molar-refractivity contribution is 5.24. The molecule has 1 nitrogen and oxygen atoms in total. The van der Waals surface area contributed by atoms with Gasteiger partial charge in [0.05, 0.1) is 0 Å². The number of rotatable bonds is 6. The molecule has 1 N–H and O–H groups in total. The van der Waals surface area contributed by atoms with Gasteiger partial charge in [0, 0.05) is 12.6 Å². The largest absolute Gasteiger partial charge is 0.309 e. The first-order valence-electron chi connectivity index (χ1n) is 7.55. The van der Waals surface area contributed by atoms with Crippen LogP contribution in [0.3, 0.4) is 0 Å². The van der Waals surface area contributed by atoms with Gasteiger partial charge >= 0.3 is 0 Å². The van der Waals surface area contributed by atoms with Crippen LogP contribution in [0, 0.1) is 6.92 Å². The second kappa shape index (κ2) is 7.25. The molecule has 0 aliphatic rings. The summed E-state index contributed by atoms with van der Waals surface area (Å²) in [5.41, 5.74) is 4.11. The molecule has 2 aromatic carbocycles. The molecule has 0 bridgehead atoms. The molecular formula is C19H25N. The van der Waals surface area contributed by atoms with Crippen LogP contribution in [0.5, 0.6) is 0 Å². The van der Waals surface area contributed by atoms with Crippen LogP contribution in [0.1, 0.15) is 48.9 Å². The Morgan fingerprint density at radius 2 is 1.55 bits per heavy atom. The molecule has 2 rings (SSSR count). The molecule has 0 saturated heterocycles. The maximum absolute atomic E-state index is 3.70. The zero-order valence-corrected chi connectivity index (χ0v) is 12.8. The van der Waals surface area contributed by atoms with Crippen LogP contribution in [0.2, 0.25) is 0 Å². The van der Waals surface area contributed by atoms with Crippen molar-refractivity contribution < 1.29 is 0 Å². The highest BCUT2D eigenvalue weighted by atomic mass is 14.9. The standard InChI is InChI=1S/C19H25N/c1-4-19(18-12-10-15(2)11-13-18)20-14-16(3)17-8-6-5-7-9-17/h5-13,16,19-20H,4,14H2,1-3H3. The second-order valence-electron chi connectivity index (χ2n) is 5.59. The molecule has 1 heteroatoms. The van der Waals surface area contributed by atoms with Gasteiger partial charge in [-0.25, -0.2) is 0 Å². The minimum absolute atomic E-state index is 0.446. The summed E-state index contributed by atoms with van der Waals surface area (Å²) >= 11 is 0. The molecule has 0 saturated carbocycles. The van der Waals surface area contributed by atoms with E-state index in [9.17, 15) is 0 Å². The van der Waals surface area contributed by atoms with Crippen molar-refractivity contribution in [3.63, 3.8) is 0 Å². The fourth-order valence-electron chi connectivity index (χ4n) is 2.52. The van der Waals surface area contributed by atoms with Crippen molar-refractivity contribution in [3.05, 3.63) is 71.3 Å². The first-order chi connectivity index (χ1) is 9.70. The first kappa shape index (κ1) is 14.8. The van der Waals surface area contributed by atoms with Crippen molar-refractivity contribution in [2.24, 2.45) is 0 Å². The molecule has 0 radical (unpaired) electrons. The average Bonchev–Trinajstić information content (AvgIpc) is 2.50. The lowest BCUT2D eigenvalue weighted by Gasteiger charge is -2.21. The molecule has 0 heterocycles. The fourth-order valence-corrected chi connectivity index (χ4v) is 2.52. The van der Waals surface area contributed by atoms with Crippen LogP contribution < -0.4 is 5.32 Å². The summed E-state index contributed by atoms with van der Waals surface area (Å²) in [5.74, 6) is 0.538. The molecular weight excluding hydrogens is 242 g/mol. The van der Waals surface area contributed by atoms with Crippen molar-refractivity contribution in [2.75, 3.05) is 6.54 Å². The van der Waals surface area contributed by atoms with Crippen molar-refractivity contribution >= 4 is 0 Å². The molecule has 0 aromatic heterocycles. The molecule has 2 aromatic rings. The molecule has 0 amide bonds. The van der Waals surface area contributed by atoms with Gasteiger partial charge in [-0.05, 0) is 30.4 Å². The van der Waals surface area contributed by atoms with Gasteiger partial charge in [0.15, 0.2) is 0 Å². The Morgan fingerprint density at radius 1 is 0.900 bits per heavy atom. The van der Waals surface area contributed by atoms with E-state index >= 15 is 0 Å². The van der Waals surface area contributed by atoms with E-state index in [0.717, 1.165) is 13.0 Å². The summed E-state index contributed by atoms with van der Waals surface area (Å²) in [7, 11) is 0. The van der Waals surface area contributed by atoms with Crippen LogP contribution in [-0.2, 0) is 0 Å². The van der Waals surface area contributed by atoms with Gasteiger partial charge in [0.1, 0.15) is 0 Å². The lowest BCUT2D eigenvalue weighted by atomic mass is 9.99. The third-order valence-corrected chi connectivity index (χ3v) is 3.93. The van der Waals surface area contributed by atoms with E-state index in [1.807, 2.05) is 0 Å². The Balaban J connectivity index is 1.95. The van der Waals surface area contributed by atoms with Crippen molar-refractivity contribution in [1.29, 1.82) is 0 Å². The third kappa shape index (κ3) is 3.94. The normalized spacial score (nSPS) is 13.9. The zero-order valence-electron chi connectivity index (χ0n) is 12.8. The number of hydrogen-bond donors (Lipinski definition) is 1. The highest BCUT2D eigenvalue weighted by Crippen LogP contribution is 2.19. The predicted octanol–water partition coefficient (Wildman–Crippen LogP) is 4.84. The lowest BCUT2D eigenvalue weighted by Crippen LogP contribution is -2.25. The van der Waals surface area contributed by atoms with Gasteiger partial charge in [0.2, 0.25) is 0 Å². The number of benzene rings is 2. The van der Waals surface area contributed by atoms with E-state index in [-0.39, 0.29) is 0 Å². The molecule has 0 aliphatic heterocycles. The fraction of sp³-hybridized carbons (Fsp3) is 0.368. The van der Waals surface area contributed by atoms with E-state index in [0.29, 0.717) is 12.0 Å². The van der Waals surface area contributed by atoms with E-state index in [1.165, 1.54) is 16.7 Å². The predicted molar refractivity (Wildman–Crippen MR) is 87.1 cm³/mol. The lowest BCUT2D eigenvalue weighted by molar-refractivity contribution is 0.495. The van der Waals surface area contributed by atoms with E-state index in [1.54, 1.807) is 0 Å². The first-order valence-corrected chi connectivity index (χ1v) is 7.55. The van der Waals surface area contributed by atoms with Gasteiger partial charge in [0.25, 0.3) is 0 Å². The van der Waals surface area contributed by atoms with Gasteiger partial charge in [-0.2, -0.15) is 0 Å². The monoisotopic (exact) mass is 267 g/mol. The Kier molecular flexibility index (Phi) is 5.37. The van der Waals surface area contributed by atoms with Crippen LogP contribution in [0.4, 0.5) is 0 Å². The topological polar surface area (TPSA) is 12.0 Å². The molecule has 106 valence electrons. The Bertz CT molecular complexity index is 501. The third-order valence-electron chi connectivity index (χ3n) is 3.93. The summed E-state index contributed by atoms with van der Waals surface area (Å²) < 4.78 is 0. The Hall–Kier alpha value is -1.60. The van der Waals surface area contributed by atoms with Crippen molar-refractivity contribution in [2.45, 2.75) is 39.2 Å². The molecule has 2 atom stereocenters. The van der Waals surface area contributed by atoms with E-state index in [4.69, 9.17) is 0 Å². The molecule has 2 unspecified atom stereocenters. The molecule has 0 aliphatic carbocycles. The SMILES string of the molecule is CCC(NCC(C)c1ccccc1)c1ccc(C)cc1. The van der Waals surface area contributed by atoms with Gasteiger partial charge < -0.3 is 5.32 Å². The van der Waals surface area contributed by atoms with Crippen LogP contribution in [0.15, 0.2) is 54.6 Å². The maximum Gasteiger partial charge on any atom is 0.0317 e. The molecule has 0 fully saturated rings. The summed E-state index contributed by atoms with van der Waals surface area (Å²) in [4.78, 5) is 0. The zero-order chi connectivity index (χ0) is 14.4. The molecule has 0 spiro atoms. The smallest absolute Gasteiger partial charge is 0.0317 e. The van der Waals surface area contributed by atoms with E-state index in [2.05, 4.69) is 80.7 Å². The van der Waals surface area contributed by atoms with E-state index < -0.39 is 0 Å². The maximum atomic E-state index is 3.70. The summed E-state index contributed by atoms with van der Waals surface area (Å²) in [6.07, 6.45) is 1.12. The minimum atomic E-state index is 0.446. The number of nitrogens with one attached hydrogen (secondary N) is 1.